The van der Waals surface area contributed by atoms with Crippen LogP contribution in [0.1, 0.15) is 55.1 Å². The lowest BCUT2D eigenvalue weighted by atomic mass is 9.96. The lowest BCUT2D eigenvalue weighted by Gasteiger charge is -2.34. The number of pyridine rings is 1. The van der Waals surface area contributed by atoms with Crippen molar-refractivity contribution in [3.05, 3.63) is 47.7 Å². The number of carbonyl (C=O) groups is 2. The zero-order valence-electron chi connectivity index (χ0n) is 20.6. The SMILES string of the molecule is CCOC(=O)CC(OCC)c1ccnc(OCC2CCN(c3cc(OC)ccc3C(=O)O)CC2)c1. The Balaban J connectivity index is 1.58. The topological polar surface area (TPSA) is 107 Å². The van der Waals surface area contributed by atoms with Crippen LogP contribution in [-0.4, -0.2) is 62.0 Å². The van der Waals surface area contributed by atoms with Crippen molar-refractivity contribution in [1.82, 2.24) is 4.98 Å². The maximum atomic E-state index is 11.9. The van der Waals surface area contributed by atoms with Gasteiger partial charge < -0.3 is 29.0 Å². The standard InChI is InChI=1S/C26H34N2O7/c1-4-33-23(16-25(29)34-5-2)19-8-11-27-24(14-19)35-17-18-9-12-28(13-10-18)22-15-20(32-3)6-7-21(22)26(30)31/h6-8,11,14-15,18,23H,4-5,9-10,12-13,16-17H2,1-3H3,(H,30,31). The first-order valence-electron chi connectivity index (χ1n) is 12.0. The van der Waals surface area contributed by atoms with Crippen molar-refractivity contribution in [1.29, 1.82) is 0 Å². The number of hydrogen-bond acceptors (Lipinski definition) is 8. The van der Waals surface area contributed by atoms with E-state index in [0.29, 0.717) is 43.1 Å². The van der Waals surface area contributed by atoms with Crippen LogP contribution < -0.4 is 14.4 Å². The fraction of sp³-hybridized carbons (Fsp3) is 0.500. The van der Waals surface area contributed by atoms with Crippen LogP contribution in [0.25, 0.3) is 0 Å². The second-order valence-corrected chi connectivity index (χ2v) is 8.31. The Kier molecular flexibility index (Phi) is 9.72. The fourth-order valence-electron chi connectivity index (χ4n) is 4.17. The van der Waals surface area contributed by atoms with Crippen LogP contribution in [0.15, 0.2) is 36.5 Å². The maximum absolute atomic E-state index is 11.9. The Morgan fingerprint density at radius 3 is 2.57 bits per heavy atom. The number of benzene rings is 1. The molecular formula is C26H34N2O7. The summed E-state index contributed by atoms with van der Waals surface area (Å²) in [6.45, 7) is 6.41. The van der Waals surface area contributed by atoms with E-state index in [9.17, 15) is 14.7 Å². The van der Waals surface area contributed by atoms with Gasteiger partial charge in [0.25, 0.3) is 0 Å². The quantitative estimate of drug-likeness (QED) is 0.443. The average molecular weight is 487 g/mol. The molecule has 9 heteroatoms. The third-order valence-electron chi connectivity index (χ3n) is 6.01. The maximum Gasteiger partial charge on any atom is 0.337 e. The minimum absolute atomic E-state index is 0.131. The van der Waals surface area contributed by atoms with E-state index in [-0.39, 0.29) is 18.0 Å². The lowest BCUT2D eigenvalue weighted by Crippen LogP contribution is -2.36. The highest BCUT2D eigenvalue weighted by molar-refractivity contribution is 5.95. The summed E-state index contributed by atoms with van der Waals surface area (Å²) in [5, 5.41) is 9.56. The van der Waals surface area contributed by atoms with E-state index >= 15 is 0 Å². The molecule has 190 valence electrons. The van der Waals surface area contributed by atoms with Gasteiger partial charge in [0.05, 0.1) is 44.1 Å². The van der Waals surface area contributed by atoms with E-state index in [1.807, 2.05) is 19.1 Å². The van der Waals surface area contributed by atoms with Crippen molar-refractivity contribution in [3.63, 3.8) is 0 Å². The van der Waals surface area contributed by atoms with Gasteiger partial charge in [-0.25, -0.2) is 9.78 Å². The zero-order chi connectivity index (χ0) is 25.2. The molecule has 2 aromatic rings. The van der Waals surface area contributed by atoms with Crippen molar-refractivity contribution in [2.24, 2.45) is 5.92 Å². The number of aromatic carboxylic acids is 1. The fourth-order valence-corrected chi connectivity index (χ4v) is 4.17. The van der Waals surface area contributed by atoms with E-state index in [4.69, 9.17) is 18.9 Å². The van der Waals surface area contributed by atoms with Crippen LogP contribution in [0.3, 0.4) is 0 Å². The molecule has 1 aromatic heterocycles. The summed E-state index contributed by atoms with van der Waals surface area (Å²) in [4.78, 5) is 30.0. The molecule has 1 N–H and O–H groups in total. The predicted molar refractivity (Wildman–Crippen MR) is 130 cm³/mol. The van der Waals surface area contributed by atoms with Crippen molar-refractivity contribution in [2.75, 3.05) is 44.9 Å². The van der Waals surface area contributed by atoms with Crippen LogP contribution in [0.4, 0.5) is 5.69 Å². The number of carboxylic acids is 1. The summed E-state index contributed by atoms with van der Waals surface area (Å²) in [5.74, 6) is 0.179. The van der Waals surface area contributed by atoms with E-state index in [1.54, 1.807) is 38.4 Å². The number of aromatic nitrogens is 1. The molecule has 2 heterocycles. The van der Waals surface area contributed by atoms with E-state index < -0.39 is 12.1 Å². The molecule has 0 bridgehead atoms. The Hall–Kier alpha value is -3.33. The first-order valence-corrected chi connectivity index (χ1v) is 12.0. The zero-order valence-corrected chi connectivity index (χ0v) is 20.6. The summed E-state index contributed by atoms with van der Waals surface area (Å²) >= 11 is 0. The Morgan fingerprint density at radius 1 is 1.14 bits per heavy atom. The normalized spacial score (nSPS) is 14.9. The van der Waals surface area contributed by atoms with Crippen molar-refractivity contribution in [3.8, 4) is 11.6 Å². The second kappa shape index (κ2) is 12.9. The van der Waals surface area contributed by atoms with Crippen molar-refractivity contribution >= 4 is 17.6 Å². The molecule has 9 nitrogen and oxygen atoms in total. The van der Waals surface area contributed by atoms with Gasteiger partial charge in [0.15, 0.2) is 0 Å². The van der Waals surface area contributed by atoms with E-state index in [1.165, 1.54) is 0 Å². The molecule has 1 atom stereocenters. The molecule has 1 aliphatic rings. The molecule has 1 saturated heterocycles. The third-order valence-corrected chi connectivity index (χ3v) is 6.01. The van der Waals surface area contributed by atoms with Crippen LogP contribution >= 0.6 is 0 Å². The van der Waals surface area contributed by atoms with Gasteiger partial charge in [0, 0.05) is 38.0 Å². The lowest BCUT2D eigenvalue weighted by molar-refractivity contribution is -0.146. The monoisotopic (exact) mass is 486 g/mol. The molecule has 0 amide bonds. The molecule has 3 rings (SSSR count). The molecule has 35 heavy (non-hydrogen) atoms. The molecule has 0 radical (unpaired) electrons. The van der Waals surface area contributed by atoms with Crippen LogP contribution in [-0.2, 0) is 14.3 Å². The first-order chi connectivity index (χ1) is 16.9. The Bertz CT molecular complexity index is 989. The molecular weight excluding hydrogens is 452 g/mol. The summed E-state index contributed by atoms with van der Waals surface area (Å²) in [5.41, 5.74) is 1.77. The highest BCUT2D eigenvalue weighted by atomic mass is 16.5. The molecule has 1 aromatic carbocycles. The van der Waals surface area contributed by atoms with Crippen molar-refractivity contribution in [2.45, 2.75) is 39.2 Å². The number of carbonyl (C=O) groups excluding carboxylic acids is 1. The summed E-state index contributed by atoms with van der Waals surface area (Å²) in [7, 11) is 1.57. The van der Waals surface area contributed by atoms with Crippen LogP contribution in [0, 0.1) is 5.92 Å². The average Bonchev–Trinajstić information content (AvgIpc) is 2.87. The van der Waals surface area contributed by atoms with Crippen LogP contribution in [0.2, 0.25) is 0 Å². The number of rotatable bonds is 12. The number of hydrogen-bond donors (Lipinski definition) is 1. The number of ether oxygens (including phenoxy) is 4. The Labute approximate surface area is 206 Å². The number of piperidine rings is 1. The number of carboxylic acid groups (broad SMARTS) is 1. The molecule has 0 saturated carbocycles. The summed E-state index contributed by atoms with van der Waals surface area (Å²) in [6.07, 6.45) is 3.09. The van der Waals surface area contributed by atoms with E-state index in [2.05, 4.69) is 9.88 Å². The minimum Gasteiger partial charge on any atom is -0.497 e. The van der Waals surface area contributed by atoms with Gasteiger partial charge in [-0.2, -0.15) is 0 Å². The highest BCUT2D eigenvalue weighted by Gasteiger charge is 2.24. The molecule has 1 fully saturated rings. The number of nitrogens with zero attached hydrogens (tertiary/aromatic N) is 2. The van der Waals surface area contributed by atoms with Gasteiger partial charge >= 0.3 is 11.9 Å². The highest BCUT2D eigenvalue weighted by Crippen LogP contribution is 2.31. The van der Waals surface area contributed by atoms with Gasteiger partial charge in [0.1, 0.15) is 5.75 Å². The van der Waals surface area contributed by atoms with Gasteiger partial charge in [0.2, 0.25) is 5.88 Å². The number of esters is 1. The van der Waals surface area contributed by atoms with Crippen molar-refractivity contribution < 1.29 is 33.6 Å². The van der Waals surface area contributed by atoms with Gasteiger partial charge in [-0.3, -0.25) is 4.79 Å². The first kappa shape index (κ1) is 26.3. The molecule has 1 aliphatic heterocycles. The molecule has 0 aliphatic carbocycles. The van der Waals surface area contributed by atoms with Gasteiger partial charge in [-0.1, -0.05) is 0 Å². The van der Waals surface area contributed by atoms with Crippen LogP contribution in [0.5, 0.6) is 11.6 Å². The number of methoxy groups -OCH3 is 1. The van der Waals surface area contributed by atoms with Gasteiger partial charge in [-0.15, -0.1) is 0 Å². The predicted octanol–water partition coefficient (Wildman–Crippen LogP) is 4.11. The summed E-state index contributed by atoms with van der Waals surface area (Å²) < 4.78 is 22.1. The van der Waals surface area contributed by atoms with E-state index in [0.717, 1.165) is 31.5 Å². The smallest absolute Gasteiger partial charge is 0.337 e. The minimum atomic E-state index is -0.952. The number of anilines is 1. The molecule has 1 unspecified atom stereocenters. The largest absolute Gasteiger partial charge is 0.497 e. The Morgan fingerprint density at radius 2 is 1.91 bits per heavy atom. The molecule has 0 spiro atoms. The summed E-state index contributed by atoms with van der Waals surface area (Å²) in [6, 6.07) is 8.66. The van der Waals surface area contributed by atoms with Gasteiger partial charge in [-0.05, 0) is 56.4 Å². The third kappa shape index (κ3) is 7.32. The second-order valence-electron chi connectivity index (χ2n) is 8.31.